The minimum atomic E-state index is -0.358. The summed E-state index contributed by atoms with van der Waals surface area (Å²) < 4.78 is 0. The van der Waals surface area contributed by atoms with Crippen molar-refractivity contribution in [3.8, 4) is 0 Å². The molecule has 0 saturated carbocycles. The SMILES string of the molecule is O=C(C=CCl)Nc1cc2c(N3CCc4ccc(Cl)cc43)ncnc2cn1. The number of carbonyl (C=O) groups excluding carboxylic acids is 1. The second kappa shape index (κ2) is 6.90. The Kier molecular flexibility index (Phi) is 4.44. The highest BCUT2D eigenvalue weighted by molar-refractivity contribution is 6.31. The average molecular weight is 386 g/mol. The molecule has 130 valence electrons. The van der Waals surface area contributed by atoms with E-state index in [1.54, 1.807) is 12.3 Å². The largest absolute Gasteiger partial charge is 0.325 e. The molecule has 6 nitrogen and oxygen atoms in total. The molecule has 0 saturated heterocycles. The number of nitrogens with one attached hydrogen (secondary N) is 1. The van der Waals surface area contributed by atoms with Crippen molar-refractivity contribution in [3.63, 3.8) is 0 Å². The summed E-state index contributed by atoms with van der Waals surface area (Å²) in [7, 11) is 0. The first-order valence-electron chi connectivity index (χ1n) is 7.90. The van der Waals surface area contributed by atoms with E-state index in [1.165, 1.54) is 18.0 Å². The number of halogens is 2. The molecular formula is C18H13Cl2N5O. The molecule has 1 aliphatic rings. The van der Waals surface area contributed by atoms with E-state index in [9.17, 15) is 4.79 Å². The van der Waals surface area contributed by atoms with Gasteiger partial charge in [0.05, 0.1) is 11.7 Å². The van der Waals surface area contributed by atoms with Crippen molar-refractivity contribution in [3.05, 3.63) is 59.0 Å². The van der Waals surface area contributed by atoms with E-state index in [0.29, 0.717) is 16.4 Å². The van der Waals surface area contributed by atoms with Crippen LogP contribution in [0.3, 0.4) is 0 Å². The molecule has 1 aromatic carbocycles. The summed E-state index contributed by atoms with van der Waals surface area (Å²) in [6, 6.07) is 7.62. The fourth-order valence-corrected chi connectivity index (χ4v) is 3.31. The summed E-state index contributed by atoms with van der Waals surface area (Å²) >= 11 is 11.6. The van der Waals surface area contributed by atoms with Crippen molar-refractivity contribution in [1.82, 2.24) is 15.0 Å². The summed E-state index contributed by atoms with van der Waals surface area (Å²) in [5, 5.41) is 4.13. The first-order valence-corrected chi connectivity index (χ1v) is 8.71. The lowest BCUT2D eigenvalue weighted by atomic mass is 10.2. The molecular weight excluding hydrogens is 373 g/mol. The van der Waals surface area contributed by atoms with Crippen LogP contribution in [0.25, 0.3) is 10.9 Å². The van der Waals surface area contributed by atoms with Crippen LogP contribution in [0.15, 0.2) is 48.4 Å². The molecule has 4 rings (SSSR count). The van der Waals surface area contributed by atoms with E-state index in [4.69, 9.17) is 23.2 Å². The normalized spacial score (nSPS) is 13.4. The van der Waals surface area contributed by atoms with Gasteiger partial charge < -0.3 is 10.2 Å². The molecule has 0 aliphatic carbocycles. The Morgan fingerprint density at radius 2 is 2.12 bits per heavy atom. The standard InChI is InChI=1S/C18H13Cl2N5O/c19-5-3-17(26)24-16-8-13-14(9-21-16)22-10-23-18(13)25-6-4-11-1-2-12(20)7-15(11)25/h1-3,5,7-10H,4,6H2,(H,21,24,26). The van der Waals surface area contributed by atoms with Gasteiger partial charge in [-0.05, 0) is 30.2 Å². The molecule has 0 bridgehead atoms. The number of anilines is 3. The zero-order chi connectivity index (χ0) is 18.1. The van der Waals surface area contributed by atoms with Crippen molar-refractivity contribution >= 4 is 57.3 Å². The first kappa shape index (κ1) is 16.8. The van der Waals surface area contributed by atoms with Crippen LogP contribution in [-0.2, 0) is 11.2 Å². The van der Waals surface area contributed by atoms with E-state index >= 15 is 0 Å². The van der Waals surface area contributed by atoms with E-state index in [-0.39, 0.29) is 5.91 Å². The van der Waals surface area contributed by atoms with Crippen LogP contribution in [0.2, 0.25) is 5.02 Å². The molecule has 0 spiro atoms. The molecule has 1 N–H and O–H groups in total. The zero-order valence-electron chi connectivity index (χ0n) is 13.5. The Bertz CT molecular complexity index is 1040. The molecule has 3 aromatic rings. The molecule has 1 amide bonds. The predicted molar refractivity (Wildman–Crippen MR) is 103 cm³/mol. The van der Waals surface area contributed by atoms with Crippen molar-refractivity contribution in [2.24, 2.45) is 0 Å². The fraction of sp³-hybridized carbons (Fsp3) is 0.111. The third-order valence-corrected chi connectivity index (χ3v) is 4.53. The molecule has 0 radical (unpaired) electrons. The lowest BCUT2D eigenvalue weighted by Crippen LogP contribution is -2.16. The van der Waals surface area contributed by atoms with Gasteiger partial charge in [0.25, 0.3) is 0 Å². The Hall–Kier alpha value is -2.70. The van der Waals surface area contributed by atoms with E-state index in [0.717, 1.165) is 35.4 Å². The summed E-state index contributed by atoms with van der Waals surface area (Å²) in [6.07, 6.45) is 5.24. The second-order valence-corrected chi connectivity index (χ2v) is 6.43. The van der Waals surface area contributed by atoms with E-state index in [2.05, 4.69) is 25.2 Å². The molecule has 0 atom stereocenters. The Balaban J connectivity index is 1.79. The zero-order valence-corrected chi connectivity index (χ0v) is 15.0. The van der Waals surface area contributed by atoms with Crippen LogP contribution < -0.4 is 10.2 Å². The molecule has 1 aliphatic heterocycles. The van der Waals surface area contributed by atoms with E-state index < -0.39 is 0 Å². The van der Waals surface area contributed by atoms with Gasteiger partial charge in [0.2, 0.25) is 5.91 Å². The Morgan fingerprint density at radius 1 is 1.23 bits per heavy atom. The number of benzene rings is 1. The fourth-order valence-electron chi connectivity index (χ4n) is 3.03. The van der Waals surface area contributed by atoms with Gasteiger partial charge in [-0.1, -0.05) is 29.3 Å². The Morgan fingerprint density at radius 3 is 2.96 bits per heavy atom. The maximum absolute atomic E-state index is 11.7. The molecule has 2 aromatic heterocycles. The topological polar surface area (TPSA) is 71.0 Å². The third kappa shape index (κ3) is 3.09. The molecule has 8 heteroatoms. The molecule has 0 fully saturated rings. The van der Waals surface area contributed by atoms with Crippen molar-refractivity contribution in [1.29, 1.82) is 0 Å². The Labute approximate surface area is 159 Å². The monoisotopic (exact) mass is 385 g/mol. The highest BCUT2D eigenvalue weighted by Crippen LogP contribution is 2.38. The van der Waals surface area contributed by atoms with Gasteiger partial charge in [0.15, 0.2) is 0 Å². The predicted octanol–water partition coefficient (Wildman–Crippen LogP) is 4.06. The molecule has 3 heterocycles. The maximum atomic E-state index is 11.7. The van der Waals surface area contributed by atoms with Gasteiger partial charge in [0.1, 0.15) is 18.0 Å². The number of rotatable bonds is 3. The van der Waals surface area contributed by atoms with Crippen molar-refractivity contribution in [2.45, 2.75) is 6.42 Å². The van der Waals surface area contributed by atoms with Gasteiger partial charge in [-0.3, -0.25) is 4.79 Å². The number of carbonyl (C=O) groups is 1. The minimum Gasteiger partial charge on any atom is -0.325 e. The quantitative estimate of drug-likeness (QED) is 0.688. The lowest BCUT2D eigenvalue weighted by Gasteiger charge is -2.20. The number of pyridine rings is 1. The lowest BCUT2D eigenvalue weighted by molar-refractivity contribution is -0.111. The van der Waals surface area contributed by atoms with Crippen LogP contribution in [-0.4, -0.2) is 27.4 Å². The third-order valence-electron chi connectivity index (χ3n) is 4.16. The summed E-state index contributed by atoms with van der Waals surface area (Å²) in [4.78, 5) is 26.8. The van der Waals surface area contributed by atoms with Crippen LogP contribution in [0.4, 0.5) is 17.3 Å². The summed E-state index contributed by atoms with van der Waals surface area (Å²) in [5.74, 6) is 0.796. The van der Waals surface area contributed by atoms with Crippen molar-refractivity contribution < 1.29 is 4.79 Å². The number of aromatic nitrogens is 3. The maximum Gasteiger partial charge on any atom is 0.250 e. The smallest absolute Gasteiger partial charge is 0.250 e. The molecule has 26 heavy (non-hydrogen) atoms. The van der Waals surface area contributed by atoms with Crippen LogP contribution in [0, 0.1) is 0 Å². The number of amides is 1. The number of hydrogen-bond donors (Lipinski definition) is 1. The average Bonchev–Trinajstić information content (AvgIpc) is 3.04. The highest BCUT2D eigenvalue weighted by Gasteiger charge is 2.23. The van der Waals surface area contributed by atoms with Crippen LogP contribution in [0.5, 0.6) is 0 Å². The van der Waals surface area contributed by atoms with E-state index in [1.807, 2.05) is 18.2 Å². The van der Waals surface area contributed by atoms with Gasteiger partial charge in [-0.15, -0.1) is 0 Å². The van der Waals surface area contributed by atoms with Gasteiger partial charge in [-0.25, -0.2) is 15.0 Å². The number of hydrogen-bond acceptors (Lipinski definition) is 5. The van der Waals surface area contributed by atoms with Crippen LogP contribution >= 0.6 is 23.2 Å². The number of fused-ring (bicyclic) bond motifs is 2. The van der Waals surface area contributed by atoms with Crippen molar-refractivity contribution in [2.75, 3.05) is 16.8 Å². The highest BCUT2D eigenvalue weighted by atomic mass is 35.5. The molecule has 0 unspecified atom stereocenters. The van der Waals surface area contributed by atoms with Crippen LogP contribution in [0.1, 0.15) is 5.56 Å². The van der Waals surface area contributed by atoms with Gasteiger partial charge in [0, 0.05) is 34.3 Å². The summed E-state index contributed by atoms with van der Waals surface area (Å²) in [5.41, 5.74) is 4.09. The summed E-state index contributed by atoms with van der Waals surface area (Å²) in [6.45, 7) is 0.792. The first-order chi connectivity index (χ1) is 12.7. The minimum absolute atomic E-state index is 0.358. The van der Waals surface area contributed by atoms with Gasteiger partial charge >= 0.3 is 0 Å². The number of nitrogens with zero attached hydrogens (tertiary/aromatic N) is 4. The second-order valence-electron chi connectivity index (χ2n) is 5.74. The van der Waals surface area contributed by atoms with Gasteiger partial charge in [-0.2, -0.15) is 0 Å².